The number of rotatable bonds is 6. The average molecular weight is 385 g/mol. The van der Waals surface area contributed by atoms with Crippen LogP contribution in [0.25, 0.3) is 5.69 Å². The smallest absolute Gasteiger partial charge is 0.237 e. The first kappa shape index (κ1) is 19.0. The van der Waals surface area contributed by atoms with Gasteiger partial charge in [-0.15, -0.1) is 0 Å². The molecule has 3 aromatic rings. The van der Waals surface area contributed by atoms with E-state index < -0.39 is 5.25 Å². The van der Waals surface area contributed by atoms with Gasteiger partial charge >= 0.3 is 0 Å². The number of carbonyl (C=O) groups is 1. The lowest BCUT2D eigenvalue weighted by Crippen LogP contribution is -2.23. The summed E-state index contributed by atoms with van der Waals surface area (Å²) in [5, 5.41) is 3.03. The van der Waals surface area contributed by atoms with E-state index in [1.807, 2.05) is 35.0 Å². The van der Waals surface area contributed by atoms with Gasteiger partial charge in [-0.05, 0) is 55.8 Å². The number of imidazole rings is 1. The van der Waals surface area contributed by atoms with Crippen LogP contribution in [0.4, 0.5) is 10.1 Å². The third kappa shape index (κ3) is 4.49. The molecule has 1 aromatic heterocycles. The van der Waals surface area contributed by atoms with Crippen LogP contribution in [0.3, 0.4) is 0 Å². The quantitative estimate of drug-likeness (QED) is 0.637. The molecule has 7 heteroatoms. The summed E-state index contributed by atoms with van der Waals surface area (Å²) in [7, 11) is 1.62. The van der Waals surface area contributed by atoms with Crippen molar-refractivity contribution < 1.29 is 13.9 Å². The van der Waals surface area contributed by atoms with Gasteiger partial charge in [0.15, 0.2) is 5.16 Å². The molecule has 2 aromatic carbocycles. The fourth-order valence-corrected chi connectivity index (χ4v) is 3.33. The van der Waals surface area contributed by atoms with Crippen LogP contribution in [0, 0.1) is 12.7 Å². The number of carbonyl (C=O) groups excluding carboxylic acids is 1. The molecule has 0 radical (unpaired) electrons. The highest BCUT2D eigenvalue weighted by Gasteiger charge is 2.18. The molecule has 0 aliphatic rings. The van der Waals surface area contributed by atoms with Crippen molar-refractivity contribution >= 4 is 23.4 Å². The molecule has 0 bridgehead atoms. The Balaban J connectivity index is 1.70. The molecule has 0 aliphatic heterocycles. The zero-order valence-electron chi connectivity index (χ0n) is 15.3. The van der Waals surface area contributed by atoms with Gasteiger partial charge in [0.1, 0.15) is 11.6 Å². The van der Waals surface area contributed by atoms with E-state index in [1.165, 1.54) is 17.8 Å². The van der Waals surface area contributed by atoms with Crippen molar-refractivity contribution in [3.05, 3.63) is 66.2 Å². The summed E-state index contributed by atoms with van der Waals surface area (Å²) in [4.78, 5) is 16.8. The summed E-state index contributed by atoms with van der Waals surface area (Å²) < 4.78 is 20.7. The van der Waals surface area contributed by atoms with Crippen molar-refractivity contribution in [3.63, 3.8) is 0 Å². The van der Waals surface area contributed by atoms with Gasteiger partial charge in [-0.25, -0.2) is 9.37 Å². The Kier molecular flexibility index (Phi) is 5.81. The van der Waals surface area contributed by atoms with Crippen molar-refractivity contribution in [2.75, 3.05) is 12.4 Å². The molecular weight excluding hydrogens is 365 g/mol. The van der Waals surface area contributed by atoms with Gasteiger partial charge in [-0.1, -0.05) is 17.8 Å². The number of aryl methyl sites for hydroxylation is 1. The van der Waals surface area contributed by atoms with E-state index in [0.717, 1.165) is 11.4 Å². The molecule has 1 atom stereocenters. The summed E-state index contributed by atoms with van der Waals surface area (Å²) >= 11 is 1.33. The lowest BCUT2D eigenvalue weighted by molar-refractivity contribution is -0.115. The molecule has 1 unspecified atom stereocenters. The van der Waals surface area contributed by atoms with Gasteiger partial charge in [0.05, 0.1) is 12.4 Å². The molecule has 140 valence electrons. The minimum Gasteiger partial charge on any atom is -0.497 e. The molecule has 0 spiro atoms. The maximum atomic E-state index is 13.7. The van der Waals surface area contributed by atoms with Gasteiger partial charge in [0.2, 0.25) is 5.91 Å². The maximum Gasteiger partial charge on any atom is 0.237 e. The first-order valence-electron chi connectivity index (χ1n) is 8.39. The van der Waals surface area contributed by atoms with Crippen molar-refractivity contribution in [1.82, 2.24) is 9.55 Å². The summed E-state index contributed by atoms with van der Waals surface area (Å²) in [6.07, 6.45) is 3.52. The lowest BCUT2D eigenvalue weighted by Gasteiger charge is -2.13. The zero-order valence-corrected chi connectivity index (χ0v) is 16.1. The van der Waals surface area contributed by atoms with Crippen molar-refractivity contribution in [2.45, 2.75) is 24.3 Å². The summed E-state index contributed by atoms with van der Waals surface area (Å²) in [5.74, 6) is 0.210. The van der Waals surface area contributed by atoms with Gasteiger partial charge in [0.25, 0.3) is 0 Å². The van der Waals surface area contributed by atoms with Crippen LogP contribution in [-0.2, 0) is 4.79 Å². The fraction of sp³-hybridized carbons (Fsp3) is 0.200. The van der Waals surface area contributed by atoms with Crippen LogP contribution in [-0.4, -0.2) is 27.8 Å². The average Bonchev–Trinajstić information content (AvgIpc) is 3.12. The second kappa shape index (κ2) is 8.26. The number of aromatic nitrogens is 2. The Labute approximate surface area is 161 Å². The van der Waals surface area contributed by atoms with Crippen molar-refractivity contribution in [1.29, 1.82) is 0 Å². The van der Waals surface area contributed by atoms with Crippen LogP contribution in [0.2, 0.25) is 0 Å². The number of thioether (sulfide) groups is 1. The summed E-state index contributed by atoms with van der Waals surface area (Å²) in [6.45, 7) is 3.47. The molecule has 5 nitrogen and oxygen atoms in total. The summed E-state index contributed by atoms with van der Waals surface area (Å²) in [5.41, 5.74) is 1.90. The highest BCUT2D eigenvalue weighted by Crippen LogP contribution is 2.26. The van der Waals surface area contributed by atoms with Crippen LogP contribution in [0.1, 0.15) is 12.5 Å². The summed E-state index contributed by atoms with van der Waals surface area (Å²) in [6, 6.07) is 12.2. The molecule has 0 saturated heterocycles. The highest BCUT2D eigenvalue weighted by molar-refractivity contribution is 8.00. The minimum absolute atomic E-state index is 0.215. The van der Waals surface area contributed by atoms with Crippen LogP contribution in [0.15, 0.2) is 60.0 Å². The number of methoxy groups -OCH3 is 1. The second-order valence-corrected chi connectivity index (χ2v) is 7.30. The van der Waals surface area contributed by atoms with E-state index in [9.17, 15) is 9.18 Å². The predicted octanol–water partition coefficient (Wildman–Crippen LogP) is 4.45. The Morgan fingerprint density at radius 1 is 1.26 bits per heavy atom. The van der Waals surface area contributed by atoms with Crippen LogP contribution < -0.4 is 10.1 Å². The minimum atomic E-state index is -0.409. The van der Waals surface area contributed by atoms with Gasteiger partial charge in [-0.2, -0.15) is 0 Å². The van der Waals surface area contributed by atoms with Crippen molar-refractivity contribution in [3.8, 4) is 11.4 Å². The predicted molar refractivity (Wildman–Crippen MR) is 105 cm³/mol. The largest absolute Gasteiger partial charge is 0.497 e. The topological polar surface area (TPSA) is 56.2 Å². The normalized spacial score (nSPS) is 11.9. The number of hydrogen-bond donors (Lipinski definition) is 1. The highest BCUT2D eigenvalue weighted by atomic mass is 32.2. The Hall–Kier alpha value is -2.80. The van der Waals surface area contributed by atoms with E-state index in [4.69, 9.17) is 4.74 Å². The molecule has 0 saturated carbocycles. The van der Waals surface area contributed by atoms with Crippen LogP contribution >= 0.6 is 11.8 Å². The Morgan fingerprint density at radius 3 is 2.67 bits per heavy atom. The maximum absolute atomic E-state index is 13.7. The number of halogens is 1. The van der Waals surface area contributed by atoms with Crippen LogP contribution in [0.5, 0.6) is 5.75 Å². The van der Waals surface area contributed by atoms with E-state index in [1.54, 1.807) is 39.3 Å². The molecule has 0 fully saturated rings. The number of benzene rings is 2. The number of nitrogens with one attached hydrogen (secondary N) is 1. The number of hydrogen-bond acceptors (Lipinski definition) is 4. The second-order valence-electron chi connectivity index (χ2n) is 5.99. The SMILES string of the molecule is COc1ccc(-n2ccnc2SC(C)C(=O)Nc2ccc(C)c(F)c2)cc1. The van der Waals surface area contributed by atoms with E-state index in [-0.39, 0.29) is 11.7 Å². The Morgan fingerprint density at radius 2 is 2.00 bits per heavy atom. The first-order chi connectivity index (χ1) is 13.0. The monoisotopic (exact) mass is 385 g/mol. The molecule has 27 heavy (non-hydrogen) atoms. The van der Waals surface area contributed by atoms with E-state index in [2.05, 4.69) is 10.3 Å². The van der Waals surface area contributed by atoms with Gasteiger partial charge in [-0.3, -0.25) is 9.36 Å². The van der Waals surface area contributed by atoms with Gasteiger partial charge < -0.3 is 10.1 Å². The molecule has 3 rings (SSSR count). The molecular formula is C20H20FN3O2S. The molecule has 1 heterocycles. The molecule has 1 amide bonds. The number of anilines is 1. The third-order valence-electron chi connectivity index (χ3n) is 4.05. The van der Waals surface area contributed by atoms with Gasteiger partial charge in [0, 0.05) is 23.8 Å². The lowest BCUT2D eigenvalue weighted by atomic mass is 10.2. The van der Waals surface area contributed by atoms with E-state index in [0.29, 0.717) is 16.4 Å². The van der Waals surface area contributed by atoms with Crippen molar-refractivity contribution in [2.24, 2.45) is 0 Å². The fourth-order valence-electron chi connectivity index (χ4n) is 2.44. The zero-order chi connectivity index (χ0) is 19.4. The third-order valence-corrected chi connectivity index (χ3v) is 5.13. The number of ether oxygens (including phenoxy) is 1. The number of amides is 1. The Bertz CT molecular complexity index is 941. The molecule has 0 aliphatic carbocycles. The first-order valence-corrected chi connectivity index (χ1v) is 9.27. The standard InChI is InChI=1S/C20H20FN3O2S/c1-13-4-5-15(12-18(13)21)23-19(25)14(2)27-20-22-10-11-24(20)16-6-8-17(26-3)9-7-16/h4-12,14H,1-3H3,(H,23,25). The molecule has 1 N–H and O–H groups in total. The number of nitrogens with zero attached hydrogens (tertiary/aromatic N) is 2. The van der Waals surface area contributed by atoms with E-state index >= 15 is 0 Å².